The zero-order chi connectivity index (χ0) is 13.0. The Hall–Kier alpha value is -0.870. The van der Waals surface area contributed by atoms with E-state index in [-0.39, 0.29) is 11.9 Å². The van der Waals surface area contributed by atoms with Crippen LogP contribution in [0.1, 0.15) is 25.3 Å². The molecule has 1 aliphatic heterocycles. The third kappa shape index (κ3) is 3.33. The maximum atomic E-state index is 12.3. The maximum Gasteiger partial charge on any atom is 0.239 e. The van der Waals surface area contributed by atoms with Crippen molar-refractivity contribution in [3.05, 3.63) is 34.3 Å². The summed E-state index contributed by atoms with van der Waals surface area (Å²) >= 11 is 3.46. The minimum atomic E-state index is 0.0251. The molecule has 1 fully saturated rings. The molecule has 1 unspecified atom stereocenters. The lowest BCUT2D eigenvalue weighted by Gasteiger charge is -2.24. The Morgan fingerprint density at radius 2 is 2.39 bits per heavy atom. The Balaban J connectivity index is 2.02. The Bertz CT molecular complexity index is 416. The molecule has 1 saturated heterocycles. The first-order valence-corrected chi connectivity index (χ1v) is 7.26. The number of likely N-dealkylation sites (N-methyl/N-ethyl adjacent to an activating group) is 1. The Morgan fingerprint density at radius 1 is 1.56 bits per heavy atom. The third-order valence-electron chi connectivity index (χ3n) is 3.31. The molecular weight excluding hydrogens is 292 g/mol. The van der Waals surface area contributed by atoms with Crippen LogP contribution in [-0.2, 0) is 11.3 Å². The number of nitrogens with one attached hydrogen (secondary N) is 1. The molecule has 1 aromatic carbocycles. The van der Waals surface area contributed by atoms with Gasteiger partial charge in [-0.25, -0.2) is 0 Å². The largest absolute Gasteiger partial charge is 0.337 e. The molecule has 1 atom stereocenters. The number of amides is 1. The highest BCUT2D eigenvalue weighted by molar-refractivity contribution is 9.10. The van der Waals surface area contributed by atoms with E-state index in [4.69, 9.17) is 0 Å². The average Bonchev–Trinajstić information content (AvgIpc) is 2.89. The topological polar surface area (TPSA) is 32.3 Å². The van der Waals surface area contributed by atoms with Gasteiger partial charge in [-0.05, 0) is 44.0 Å². The summed E-state index contributed by atoms with van der Waals surface area (Å²) in [6, 6.07) is 8.16. The van der Waals surface area contributed by atoms with E-state index in [9.17, 15) is 4.79 Å². The van der Waals surface area contributed by atoms with Crippen molar-refractivity contribution in [3.63, 3.8) is 0 Å². The van der Waals surface area contributed by atoms with Gasteiger partial charge in [-0.2, -0.15) is 0 Å². The van der Waals surface area contributed by atoms with Crippen molar-refractivity contribution in [1.29, 1.82) is 0 Å². The smallest absolute Gasteiger partial charge is 0.239 e. The minimum absolute atomic E-state index is 0.0251. The van der Waals surface area contributed by atoms with Gasteiger partial charge in [0.05, 0.1) is 6.04 Å². The maximum absolute atomic E-state index is 12.3. The van der Waals surface area contributed by atoms with Gasteiger partial charge in [-0.3, -0.25) is 4.79 Å². The molecule has 1 N–H and O–H groups in total. The van der Waals surface area contributed by atoms with Crippen molar-refractivity contribution >= 4 is 21.8 Å². The van der Waals surface area contributed by atoms with Crippen LogP contribution in [-0.4, -0.2) is 29.9 Å². The third-order valence-corrected chi connectivity index (χ3v) is 3.81. The van der Waals surface area contributed by atoms with Crippen LogP contribution < -0.4 is 5.32 Å². The van der Waals surface area contributed by atoms with Crippen LogP contribution in [0.5, 0.6) is 0 Å². The van der Waals surface area contributed by atoms with E-state index < -0.39 is 0 Å². The summed E-state index contributed by atoms with van der Waals surface area (Å²) in [7, 11) is 0. The van der Waals surface area contributed by atoms with E-state index in [1.54, 1.807) is 0 Å². The summed E-state index contributed by atoms with van der Waals surface area (Å²) in [5.74, 6) is 0.231. The molecule has 0 radical (unpaired) electrons. The monoisotopic (exact) mass is 310 g/mol. The molecule has 1 aliphatic rings. The number of rotatable bonds is 4. The van der Waals surface area contributed by atoms with E-state index in [0.29, 0.717) is 6.54 Å². The first kappa shape index (κ1) is 13.6. The predicted molar refractivity (Wildman–Crippen MR) is 76.3 cm³/mol. The highest BCUT2D eigenvalue weighted by Gasteiger charge is 2.25. The quantitative estimate of drug-likeness (QED) is 0.927. The first-order chi connectivity index (χ1) is 8.70. The van der Waals surface area contributed by atoms with Gasteiger partial charge < -0.3 is 10.2 Å². The van der Waals surface area contributed by atoms with Crippen LogP contribution >= 0.6 is 15.9 Å². The summed E-state index contributed by atoms with van der Waals surface area (Å²) < 4.78 is 1.06. The van der Waals surface area contributed by atoms with Crippen LogP contribution in [0.4, 0.5) is 0 Å². The lowest BCUT2D eigenvalue weighted by atomic mass is 10.1. The summed E-state index contributed by atoms with van der Waals surface area (Å²) in [6.45, 7) is 4.44. The molecule has 0 aromatic heterocycles. The molecule has 1 heterocycles. The van der Waals surface area contributed by atoms with Crippen molar-refractivity contribution in [1.82, 2.24) is 10.2 Å². The van der Waals surface area contributed by atoms with Gasteiger partial charge >= 0.3 is 0 Å². The van der Waals surface area contributed by atoms with Gasteiger partial charge in [0.2, 0.25) is 5.91 Å². The van der Waals surface area contributed by atoms with Crippen molar-refractivity contribution < 1.29 is 4.79 Å². The van der Waals surface area contributed by atoms with Gasteiger partial charge in [-0.15, -0.1) is 0 Å². The molecule has 0 bridgehead atoms. The van der Waals surface area contributed by atoms with E-state index in [0.717, 1.165) is 36.0 Å². The number of halogens is 1. The summed E-state index contributed by atoms with van der Waals surface area (Å²) in [5, 5.41) is 3.27. The Labute approximate surface area is 117 Å². The van der Waals surface area contributed by atoms with Gasteiger partial charge in [-0.1, -0.05) is 28.1 Å². The molecular formula is C14H19BrN2O. The molecule has 0 spiro atoms. The van der Waals surface area contributed by atoms with Crippen molar-refractivity contribution in [2.24, 2.45) is 0 Å². The number of hydrogen-bond acceptors (Lipinski definition) is 2. The van der Waals surface area contributed by atoms with Crippen LogP contribution in [0.2, 0.25) is 0 Å². The lowest BCUT2D eigenvalue weighted by molar-refractivity contribution is -0.133. The molecule has 4 heteroatoms. The molecule has 98 valence electrons. The standard InChI is InChI=1S/C14H19BrN2O/c1-2-17(14(18)13-7-4-8-16-13)10-11-5-3-6-12(15)9-11/h3,5-6,9,13,16H,2,4,7-8,10H2,1H3. The molecule has 18 heavy (non-hydrogen) atoms. The zero-order valence-electron chi connectivity index (χ0n) is 10.7. The van der Waals surface area contributed by atoms with Crippen molar-refractivity contribution in [2.45, 2.75) is 32.4 Å². The molecule has 0 aliphatic carbocycles. The second kappa shape index (κ2) is 6.34. The van der Waals surface area contributed by atoms with Crippen molar-refractivity contribution in [3.8, 4) is 0 Å². The normalized spacial score (nSPS) is 18.9. The summed E-state index contributed by atoms with van der Waals surface area (Å²) in [5.41, 5.74) is 1.16. The van der Waals surface area contributed by atoms with Crippen LogP contribution in [0.3, 0.4) is 0 Å². The second-order valence-electron chi connectivity index (χ2n) is 4.63. The fourth-order valence-electron chi connectivity index (χ4n) is 2.32. The van der Waals surface area contributed by atoms with Gasteiger partial charge in [0.25, 0.3) is 0 Å². The second-order valence-corrected chi connectivity index (χ2v) is 5.55. The SMILES string of the molecule is CCN(Cc1cccc(Br)c1)C(=O)C1CCCN1. The van der Waals surface area contributed by atoms with E-state index in [1.165, 1.54) is 0 Å². The highest BCUT2D eigenvalue weighted by Crippen LogP contribution is 2.15. The van der Waals surface area contributed by atoms with Crippen LogP contribution in [0, 0.1) is 0 Å². The number of carbonyl (C=O) groups is 1. The van der Waals surface area contributed by atoms with E-state index in [2.05, 4.69) is 33.4 Å². The fourth-order valence-corrected chi connectivity index (χ4v) is 2.76. The van der Waals surface area contributed by atoms with Gasteiger partial charge in [0, 0.05) is 17.6 Å². The molecule has 1 aromatic rings. The first-order valence-electron chi connectivity index (χ1n) is 6.47. The highest BCUT2D eigenvalue weighted by atomic mass is 79.9. The fraction of sp³-hybridized carbons (Fsp3) is 0.500. The number of benzene rings is 1. The number of carbonyl (C=O) groups excluding carboxylic acids is 1. The van der Waals surface area contributed by atoms with E-state index in [1.807, 2.05) is 24.0 Å². The molecule has 3 nitrogen and oxygen atoms in total. The van der Waals surface area contributed by atoms with Crippen molar-refractivity contribution in [2.75, 3.05) is 13.1 Å². The number of nitrogens with zero attached hydrogens (tertiary/aromatic N) is 1. The Kier molecular flexibility index (Phi) is 4.78. The zero-order valence-corrected chi connectivity index (χ0v) is 12.2. The molecule has 1 amide bonds. The van der Waals surface area contributed by atoms with Crippen LogP contribution in [0.25, 0.3) is 0 Å². The predicted octanol–water partition coefficient (Wildman–Crippen LogP) is 2.55. The molecule has 2 rings (SSSR count). The minimum Gasteiger partial charge on any atom is -0.337 e. The molecule has 0 saturated carbocycles. The number of hydrogen-bond donors (Lipinski definition) is 1. The lowest BCUT2D eigenvalue weighted by Crippen LogP contribution is -2.43. The van der Waals surface area contributed by atoms with Gasteiger partial charge in [0.15, 0.2) is 0 Å². The summed E-state index contributed by atoms with van der Waals surface area (Å²) in [6.07, 6.45) is 2.07. The average molecular weight is 311 g/mol. The summed E-state index contributed by atoms with van der Waals surface area (Å²) in [4.78, 5) is 14.2. The van der Waals surface area contributed by atoms with Gasteiger partial charge in [0.1, 0.15) is 0 Å². The Morgan fingerprint density at radius 3 is 3.00 bits per heavy atom. The van der Waals surface area contributed by atoms with Crippen LogP contribution in [0.15, 0.2) is 28.7 Å². The van der Waals surface area contributed by atoms with E-state index >= 15 is 0 Å².